The summed E-state index contributed by atoms with van der Waals surface area (Å²) in [5.41, 5.74) is 2.31. The molecule has 0 saturated carbocycles. The van der Waals surface area contributed by atoms with Gasteiger partial charge in [0, 0.05) is 12.1 Å². The van der Waals surface area contributed by atoms with Crippen LogP contribution < -0.4 is 16.0 Å². The molecule has 0 aliphatic rings. The Labute approximate surface area is 143 Å². The van der Waals surface area contributed by atoms with E-state index in [2.05, 4.69) is 63.2 Å². The van der Waals surface area contributed by atoms with E-state index in [0.717, 1.165) is 0 Å². The van der Waals surface area contributed by atoms with Crippen LogP contribution in [0.5, 0.6) is 11.6 Å². The van der Waals surface area contributed by atoms with Gasteiger partial charge < -0.3 is 10.2 Å². The molecule has 0 saturated heterocycles. The molecule has 0 radical (unpaired) electrons. The first-order valence-corrected chi connectivity index (χ1v) is 7.60. The highest BCUT2D eigenvalue weighted by molar-refractivity contribution is 9.11. The maximum atomic E-state index is 10.8. The number of rotatable bonds is 4. The Kier molecular flexibility index (Phi) is 5.08. The van der Waals surface area contributed by atoms with Gasteiger partial charge in [0.1, 0.15) is 10.8 Å². The molecule has 0 unspecified atom stereocenters. The second-order valence-corrected chi connectivity index (χ2v) is 6.09. The number of anilines is 1. The maximum Gasteiger partial charge on any atom is 0.271 e. The molecular formula is C10H6Br3N5O3. The van der Waals surface area contributed by atoms with Crippen molar-refractivity contribution < 1.29 is 9.66 Å². The molecule has 2 rings (SSSR count). The van der Waals surface area contributed by atoms with Gasteiger partial charge in [-0.15, -0.1) is 0 Å². The number of hydrogen-bond acceptors (Lipinski definition) is 7. The van der Waals surface area contributed by atoms with Crippen LogP contribution in [-0.2, 0) is 0 Å². The van der Waals surface area contributed by atoms with Gasteiger partial charge in [0.2, 0.25) is 5.88 Å². The fourth-order valence-corrected chi connectivity index (χ4v) is 3.10. The molecule has 1 aromatic heterocycles. The lowest BCUT2D eigenvalue weighted by molar-refractivity contribution is -0.385. The predicted octanol–water partition coefficient (Wildman–Crippen LogP) is 3.75. The number of nitro groups is 1. The predicted molar refractivity (Wildman–Crippen MR) is 86.1 cm³/mol. The average Bonchev–Trinajstić information content (AvgIpc) is 2.44. The number of nitrogens with zero attached hydrogens (tertiary/aromatic N) is 3. The molecule has 0 spiro atoms. The second-order valence-electron chi connectivity index (χ2n) is 3.58. The Morgan fingerprint density at radius 1 is 1.24 bits per heavy atom. The van der Waals surface area contributed by atoms with E-state index in [1.54, 1.807) is 0 Å². The molecular weight excluding hydrogens is 478 g/mol. The summed E-state index contributed by atoms with van der Waals surface area (Å²) >= 11 is 9.71. The monoisotopic (exact) mass is 481 g/mol. The van der Waals surface area contributed by atoms with Crippen LogP contribution in [0, 0.1) is 10.1 Å². The molecule has 3 N–H and O–H groups in total. The zero-order valence-electron chi connectivity index (χ0n) is 10.0. The molecule has 0 aliphatic carbocycles. The summed E-state index contributed by atoms with van der Waals surface area (Å²) in [5, 5.41) is 10.8. The van der Waals surface area contributed by atoms with Gasteiger partial charge in [-0.1, -0.05) is 0 Å². The van der Waals surface area contributed by atoms with E-state index in [1.807, 2.05) is 0 Å². The van der Waals surface area contributed by atoms with E-state index in [-0.39, 0.29) is 11.6 Å². The van der Waals surface area contributed by atoms with Crippen molar-refractivity contribution in [3.05, 3.63) is 42.0 Å². The van der Waals surface area contributed by atoms with Crippen molar-refractivity contribution in [1.82, 2.24) is 9.97 Å². The van der Waals surface area contributed by atoms with Crippen molar-refractivity contribution in [3.63, 3.8) is 0 Å². The summed E-state index contributed by atoms with van der Waals surface area (Å²) in [4.78, 5) is 18.1. The summed E-state index contributed by atoms with van der Waals surface area (Å²) in [6.45, 7) is 0. The maximum absolute atomic E-state index is 10.8. The number of hydrogen-bond donors (Lipinski definition) is 2. The third-order valence-corrected chi connectivity index (χ3v) is 4.18. The number of non-ortho nitro benzene ring substituents is 1. The molecule has 2 aromatic rings. The van der Waals surface area contributed by atoms with Crippen LogP contribution in [-0.4, -0.2) is 14.9 Å². The van der Waals surface area contributed by atoms with Gasteiger partial charge in [-0.2, -0.15) is 0 Å². The van der Waals surface area contributed by atoms with Gasteiger partial charge in [0.25, 0.3) is 5.69 Å². The zero-order chi connectivity index (χ0) is 15.6. The SMILES string of the molecule is NNc1ncnc(Oc2c(Br)cc([N+](=O)[O-])cc2Br)c1Br. The standard InChI is InChI=1S/C10H6Br3N5O3/c11-5-1-4(18(19)20)2-6(12)8(5)21-10-7(13)9(17-14)15-3-16-10/h1-3H,14H2,(H,15,16,17). The van der Waals surface area contributed by atoms with Gasteiger partial charge in [-0.05, 0) is 47.8 Å². The molecule has 1 aromatic carbocycles. The van der Waals surface area contributed by atoms with Crippen molar-refractivity contribution in [3.8, 4) is 11.6 Å². The van der Waals surface area contributed by atoms with E-state index in [4.69, 9.17) is 10.6 Å². The topological polar surface area (TPSA) is 116 Å². The smallest absolute Gasteiger partial charge is 0.271 e. The molecule has 0 amide bonds. The van der Waals surface area contributed by atoms with Crippen LogP contribution in [0.2, 0.25) is 0 Å². The normalized spacial score (nSPS) is 10.3. The van der Waals surface area contributed by atoms with Gasteiger partial charge in [0.05, 0.1) is 13.9 Å². The van der Waals surface area contributed by atoms with Crippen LogP contribution in [0.25, 0.3) is 0 Å². The van der Waals surface area contributed by atoms with E-state index in [1.165, 1.54) is 18.5 Å². The Bertz CT molecular complexity index is 689. The van der Waals surface area contributed by atoms with Gasteiger partial charge in [-0.25, -0.2) is 15.8 Å². The quantitative estimate of drug-likeness (QED) is 0.386. The van der Waals surface area contributed by atoms with E-state index >= 15 is 0 Å². The third kappa shape index (κ3) is 3.48. The summed E-state index contributed by atoms with van der Waals surface area (Å²) in [6, 6.07) is 2.66. The van der Waals surface area contributed by atoms with Crippen LogP contribution >= 0.6 is 47.8 Å². The van der Waals surface area contributed by atoms with Crippen LogP contribution in [0.15, 0.2) is 31.9 Å². The number of nitrogens with one attached hydrogen (secondary N) is 1. The number of nitrogen functional groups attached to an aromatic ring is 1. The Balaban J connectivity index is 2.43. The lowest BCUT2D eigenvalue weighted by atomic mass is 10.3. The average molecular weight is 484 g/mol. The molecule has 110 valence electrons. The van der Waals surface area contributed by atoms with Crippen molar-refractivity contribution in [2.75, 3.05) is 5.43 Å². The molecule has 0 fully saturated rings. The van der Waals surface area contributed by atoms with Gasteiger partial charge >= 0.3 is 0 Å². The first-order valence-electron chi connectivity index (χ1n) is 5.22. The number of ether oxygens (including phenoxy) is 1. The Morgan fingerprint density at radius 3 is 2.38 bits per heavy atom. The van der Waals surface area contributed by atoms with Gasteiger partial charge in [-0.3, -0.25) is 10.1 Å². The minimum absolute atomic E-state index is 0.0767. The lowest BCUT2D eigenvalue weighted by Crippen LogP contribution is -2.10. The lowest BCUT2D eigenvalue weighted by Gasteiger charge is -2.11. The van der Waals surface area contributed by atoms with Crippen molar-refractivity contribution >= 4 is 59.3 Å². The van der Waals surface area contributed by atoms with E-state index in [9.17, 15) is 10.1 Å². The highest BCUT2D eigenvalue weighted by Gasteiger charge is 2.18. The van der Waals surface area contributed by atoms with Crippen LogP contribution in [0.1, 0.15) is 0 Å². The van der Waals surface area contributed by atoms with Crippen molar-refractivity contribution in [2.24, 2.45) is 5.84 Å². The molecule has 11 heteroatoms. The minimum Gasteiger partial charge on any atom is -0.435 e. The second kappa shape index (κ2) is 6.64. The third-order valence-electron chi connectivity index (χ3n) is 2.29. The molecule has 1 heterocycles. The summed E-state index contributed by atoms with van der Waals surface area (Å²) in [6.07, 6.45) is 1.27. The zero-order valence-corrected chi connectivity index (χ0v) is 14.8. The van der Waals surface area contributed by atoms with Crippen molar-refractivity contribution in [2.45, 2.75) is 0 Å². The Hall–Kier alpha value is -1.30. The van der Waals surface area contributed by atoms with Crippen molar-refractivity contribution in [1.29, 1.82) is 0 Å². The van der Waals surface area contributed by atoms with E-state index in [0.29, 0.717) is 25.0 Å². The fraction of sp³-hybridized carbons (Fsp3) is 0. The largest absolute Gasteiger partial charge is 0.435 e. The summed E-state index contributed by atoms with van der Waals surface area (Å²) in [7, 11) is 0. The van der Waals surface area contributed by atoms with Crippen LogP contribution in [0.4, 0.5) is 11.5 Å². The minimum atomic E-state index is -0.504. The highest BCUT2D eigenvalue weighted by Crippen LogP contribution is 2.41. The summed E-state index contributed by atoms with van der Waals surface area (Å²) in [5.74, 6) is 6.19. The highest BCUT2D eigenvalue weighted by atomic mass is 79.9. The number of aromatic nitrogens is 2. The van der Waals surface area contributed by atoms with E-state index < -0.39 is 4.92 Å². The molecule has 0 atom stereocenters. The first kappa shape index (κ1) is 16.1. The summed E-state index contributed by atoms with van der Waals surface area (Å²) < 4.78 is 6.86. The molecule has 21 heavy (non-hydrogen) atoms. The number of halogens is 3. The fourth-order valence-electron chi connectivity index (χ4n) is 1.37. The number of hydrazine groups is 1. The van der Waals surface area contributed by atoms with Crippen LogP contribution in [0.3, 0.4) is 0 Å². The molecule has 0 bridgehead atoms. The molecule has 0 aliphatic heterocycles. The number of benzene rings is 1. The first-order chi connectivity index (χ1) is 9.93. The Morgan fingerprint density at radius 2 is 1.86 bits per heavy atom. The number of nitro benzene ring substituents is 1. The number of nitrogens with two attached hydrogens (primary N) is 1. The van der Waals surface area contributed by atoms with Gasteiger partial charge in [0.15, 0.2) is 11.6 Å². The molecule has 8 nitrogen and oxygen atoms in total.